The molecule has 0 saturated heterocycles. The van der Waals surface area contributed by atoms with Crippen molar-refractivity contribution in [3.63, 3.8) is 0 Å². The SMILES string of the molecule is CC(C)(C)C1=C(CC2CCCCC2)CC([SiH2]c2ccccc2)=[C]1[Ti+3].[Cl-].[Cl-].[Cl-]. The minimum Gasteiger partial charge on any atom is -1.00 e. The molecular weight excluding hydrogens is 447 g/mol. The van der Waals surface area contributed by atoms with Gasteiger partial charge in [-0.1, -0.05) is 0 Å². The van der Waals surface area contributed by atoms with E-state index in [1.807, 2.05) is 0 Å². The molecule has 0 atom stereocenters. The summed E-state index contributed by atoms with van der Waals surface area (Å²) >= 11 is 2.42. The van der Waals surface area contributed by atoms with E-state index in [4.69, 9.17) is 0 Å². The van der Waals surface area contributed by atoms with Crippen LogP contribution < -0.4 is 42.4 Å². The molecule has 0 unspecified atom stereocenters. The summed E-state index contributed by atoms with van der Waals surface area (Å²) in [6, 6.07) is 11.2. The molecule has 5 heteroatoms. The van der Waals surface area contributed by atoms with Crippen LogP contribution in [-0.2, 0) is 20.4 Å². The Morgan fingerprint density at radius 2 is 1.56 bits per heavy atom. The standard InChI is InChI=1S/C22H31Si.3ClH.Ti/c1-22(2,3)21-16-20(23-19-12-8-5-9-13-19)15-18(21)14-17-10-6-4-7-11-17;;;;/h5,8-9,12-13,17H,4,6-7,10-11,14-15,23H2,1-3H3;3*1H;/q;;;;+3/p-3. The van der Waals surface area contributed by atoms with Gasteiger partial charge in [-0.25, -0.2) is 0 Å². The average molecular weight is 478 g/mol. The molecule has 1 aromatic rings. The van der Waals surface area contributed by atoms with Crippen molar-refractivity contribution in [2.24, 2.45) is 11.3 Å². The minimum absolute atomic E-state index is 0. The topological polar surface area (TPSA) is 0 Å². The summed E-state index contributed by atoms with van der Waals surface area (Å²) in [5.41, 5.74) is 3.80. The summed E-state index contributed by atoms with van der Waals surface area (Å²) in [6.45, 7) is 7.25. The van der Waals surface area contributed by atoms with Gasteiger partial charge in [0.2, 0.25) is 0 Å². The van der Waals surface area contributed by atoms with Crippen LogP contribution in [0.2, 0.25) is 0 Å². The van der Waals surface area contributed by atoms with Gasteiger partial charge in [-0.3, -0.25) is 0 Å². The van der Waals surface area contributed by atoms with Crippen LogP contribution in [0.3, 0.4) is 0 Å². The number of halogens is 3. The van der Waals surface area contributed by atoms with E-state index in [1.165, 1.54) is 44.9 Å². The van der Waals surface area contributed by atoms with Crippen LogP contribution in [0.4, 0.5) is 0 Å². The molecule has 1 fully saturated rings. The molecule has 0 aliphatic heterocycles. The molecule has 0 bridgehead atoms. The molecule has 0 radical (unpaired) electrons. The Morgan fingerprint density at radius 3 is 2.11 bits per heavy atom. The Hall–Kier alpha value is 0.501. The van der Waals surface area contributed by atoms with Crippen molar-refractivity contribution in [1.82, 2.24) is 0 Å². The van der Waals surface area contributed by atoms with Crippen molar-refractivity contribution in [3.05, 3.63) is 50.6 Å². The Morgan fingerprint density at radius 1 is 0.963 bits per heavy atom. The third-order valence-corrected chi connectivity index (χ3v) is 9.06. The molecule has 27 heavy (non-hydrogen) atoms. The summed E-state index contributed by atoms with van der Waals surface area (Å²) in [4.78, 5) is 0. The second kappa shape index (κ2) is 12.3. The van der Waals surface area contributed by atoms with Gasteiger partial charge in [-0.15, -0.1) is 0 Å². The van der Waals surface area contributed by atoms with E-state index in [2.05, 4.69) is 71.5 Å². The summed E-state index contributed by atoms with van der Waals surface area (Å²) in [6.07, 6.45) is 9.97. The van der Waals surface area contributed by atoms with Crippen molar-refractivity contribution in [3.8, 4) is 0 Å². The number of hydrogen-bond acceptors (Lipinski definition) is 0. The molecule has 0 N–H and O–H groups in total. The Kier molecular flexibility index (Phi) is 12.5. The predicted molar refractivity (Wildman–Crippen MR) is 104 cm³/mol. The number of benzene rings is 1. The Balaban J connectivity index is 0.00000225. The maximum atomic E-state index is 2.42. The van der Waals surface area contributed by atoms with Gasteiger partial charge < -0.3 is 37.2 Å². The van der Waals surface area contributed by atoms with Gasteiger partial charge in [0.15, 0.2) is 0 Å². The summed E-state index contributed by atoms with van der Waals surface area (Å²) in [7, 11) is -0.304. The largest absolute Gasteiger partial charge is 1.00 e. The molecule has 0 nitrogen and oxygen atoms in total. The van der Waals surface area contributed by atoms with Crippen molar-refractivity contribution >= 4 is 14.7 Å². The van der Waals surface area contributed by atoms with E-state index in [0.29, 0.717) is 5.41 Å². The van der Waals surface area contributed by atoms with Crippen LogP contribution in [0.25, 0.3) is 0 Å². The molecule has 0 amide bonds. The molecule has 0 spiro atoms. The van der Waals surface area contributed by atoms with E-state index in [9.17, 15) is 0 Å². The van der Waals surface area contributed by atoms with E-state index in [-0.39, 0.29) is 46.7 Å². The average Bonchev–Trinajstić information content (AvgIpc) is 2.85. The molecule has 148 valence electrons. The first-order chi connectivity index (χ1) is 11.4. The van der Waals surface area contributed by atoms with Gasteiger partial charge in [0, 0.05) is 0 Å². The van der Waals surface area contributed by atoms with Gasteiger partial charge in [0.05, 0.1) is 0 Å². The van der Waals surface area contributed by atoms with E-state index in [1.54, 1.807) is 25.4 Å². The van der Waals surface area contributed by atoms with Crippen LogP contribution in [-0.4, -0.2) is 9.52 Å². The summed E-state index contributed by atoms with van der Waals surface area (Å²) < 4.78 is 1.66. The number of allylic oxidation sites excluding steroid dienone is 4. The van der Waals surface area contributed by atoms with Crippen molar-refractivity contribution in [2.45, 2.75) is 65.7 Å². The zero-order valence-corrected chi connectivity index (χ0v) is 22.0. The second-order valence-electron chi connectivity index (χ2n) is 8.75. The molecule has 1 aromatic carbocycles. The minimum atomic E-state index is -0.304. The first kappa shape index (κ1) is 27.5. The van der Waals surface area contributed by atoms with Crippen LogP contribution in [0.1, 0.15) is 65.7 Å². The van der Waals surface area contributed by atoms with Gasteiger partial charge in [0.1, 0.15) is 0 Å². The predicted octanol–water partition coefficient (Wildman–Crippen LogP) is -4.03. The third kappa shape index (κ3) is 7.36. The van der Waals surface area contributed by atoms with Crippen LogP contribution in [0.5, 0.6) is 0 Å². The normalized spacial score (nSPS) is 18.4. The number of hydrogen-bond donors (Lipinski definition) is 0. The zero-order chi connectivity index (χ0) is 17.2. The first-order valence-electron chi connectivity index (χ1n) is 9.65. The maximum absolute atomic E-state index is 2.42. The monoisotopic (exact) mass is 476 g/mol. The molecule has 3 rings (SSSR count). The number of rotatable bonds is 4. The first-order valence-corrected chi connectivity index (χ1v) is 11.8. The maximum Gasteiger partial charge on any atom is -1.00 e. The van der Waals surface area contributed by atoms with Crippen LogP contribution >= 0.6 is 0 Å². The fourth-order valence-electron chi connectivity index (χ4n) is 4.60. The molecule has 2 aliphatic rings. The van der Waals surface area contributed by atoms with Gasteiger partial charge in [-0.2, -0.15) is 0 Å². The zero-order valence-electron chi connectivity index (χ0n) is 16.8. The van der Waals surface area contributed by atoms with Gasteiger partial charge in [-0.05, 0) is 0 Å². The smallest absolute Gasteiger partial charge is 1.00 e. The fraction of sp³-hybridized carbons (Fsp3) is 0.545. The van der Waals surface area contributed by atoms with Crippen molar-refractivity contribution in [1.29, 1.82) is 0 Å². The molecule has 2 aliphatic carbocycles. The van der Waals surface area contributed by atoms with Crippen LogP contribution in [0.15, 0.2) is 50.6 Å². The van der Waals surface area contributed by atoms with Crippen molar-refractivity contribution in [2.75, 3.05) is 0 Å². The Labute approximate surface area is 198 Å². The Bertz CT molecular complexity index is 641. The second-order valence-corrected chi connectivity index (χ2v) is 11.6. The van der Waals surface area contributed by atoms with Gasteiger partial charge in [0.25, 0.3) is 0 Å². The quantitative estimate of drug-likeness (QED) is 0.388. The van der Waals surface area contributed by atoms with E-state index < -0.39 is 0 Å². The summed E-state index contributed by atoms with van der Waals surface area (Å²) in [5.74, 6) is 0.955. The fourth-order valence-corrected chi connectivity index (χ4v) is 7.80. The molecular formula is C22H31Cl3SiTi. The summed E-state index contributed by atoms with van der Waals surface area (Å²) in [5, 5.41) is 3.40. The van der Waals surface area contributed by atoms with Crippen molar-refractivity contribution < 1.29 is 57.7 Å². The molecule has 1 saturated carbocycles. The van der Waals surface area contributed by atoms with E-state index >= 15 is 0 Å². The van der Waals surface area contributed by atoms with E-state index in [0.717, 1.165) is 5.92 Å². The molecule has 0 heterocycles. The molecule has 0 aromatic heterocycles. The van der Waals surface area contributed by atoms with Gasteiger partial charge >= 0.3 is 163 Å². The third-order valence-electron chi connectivity index (χ3n) is 5.65. The van der Waals surface area contributed by atoms with Crippen LogP contribution in [0, 0.1) is 11.3 Å².